The number of nitrogens with two attached hydrogens (primary N) is 1. The molecule has 0 aliphatic rings. The fourth-order valence-electron chi connectivity index (χ4n) is 1.36. The molecule has 0 aliphatic heterocycles. The Morgan fingerprint density at radius 2 is 2.06 bits per heavy atom. The number of hydrogen-bond donors (Lipinski definition) is 1. The van der Waals surface area contributed by atoms with Crippen molar-refractivity contribution in [1.29, 1.82) is 0 Å². The standard InChI is InChI=1S/C12H13Cl2N3O/c1-3-12(2,15)11-16-10(17-18-11)7-4-5-8(13)9(14)6-7/h4-6H,3,15H2,1-2H3. The molecular formula is C12H13Cl2N3O. The lowest BCUT2D eigenvalue weighted by atomic mass is 10.0. The van der Waals surface area contributed by atoms with Gasteiger partial charge in [-0.1, -0.05) is 35.3 Å². The monoisotopic (exact) mass is 285 g/mol. The summed E-state index contributed by atoms with van der Waals surface area (Å²) in [5, 5.41) is 4.84. The van der Waals surface area contributed by atoms with Gasteiger partial charge in [0.05, 0.1) is 15.6 Å². The predicted molar refractivity (Wildman–Crippen MR) is 71.6 cm³/mol. The third-order valence-corrected chi connectivity index (χ3v) is 3.57. The fraction of sp³-hybridized carbons (Fsp3) is 0.333. The maximum absolute atomic E-state index is 6.04. The smallest absolute Gasteiger partial charge is 0.246 e. The molecule has 18 heavy (non-hydrogen) atoms. The van der Waals surface area contributed by atoms with Gasteiger partial charge in [0, 0.05) is 5.56 Å². The third kappa shape index (κ3) is 2.51. The summed E-state index contributed by atoms with van der Waals surface area (Å²) >= 11 is 11.8. The van der Waals surface area contributed by atoms with Gasteiger partial charge in [-0.3, -0.25) is 0 Å². The summed E-state index contributed by atoms with van der Waals surface area (Å²) in [5.41, 5.74) is 6.16. The summed E-state index contributed by atoms with van der Waals surface area (Å²) in [4.78, 5) is 4.29. The van der Waals surface area contributed by atoms with Gasteiger partial charge in [-0.05, 0) is 31.5 Å². The van der Waals surface area contributed by atoms with Crippen molar-refractivity contribution in [2.75, 3.05) is 0 Å². The van der Waals surface area contributed by atoms with Crippen LogP contribution < -0.4 is 5.73 Å². The van der Waals surface area contributed by atoms with Crippen LogP contribution in [0.1, 0.15) is 26.2 Å². The number of halogens is 2. The van der Waals surface area contributed by atoms with Gasteiger partial charge in [0.1, 0.15) is 0 Å². The average molecular weight is 286 g/mol. The molecule has 0 spiro atoms. The molecule has 1 heterocycles. The molecule has 0 amide bonds. The molecule has 96 valence electrons. The second-order valence-corrected chi connectivity index (χ2v) is 5.14. The van der Waals surface area contributed by atoms with E-state index in [1.807, 2.05) is 13.8 Å². The molecule has 0 fully saturated rings. The SMILES string of the molecule is CCC(C)(N)c1nc(-c2ccc(Cl)c(Cl)c2)no1. The van der Waals surface area contributed by atoms with Gasteiger partial charge in [-0.25, -0.2) is 0 Å². The van der Waals surface area contributed by atoms with Gasteiger partial charge in [0.25, 0.3) is 0 Å². The molecule has 1 atom stereocenters. The molecule has 1 aromatic heterocycles. The van der Waals surface area contributed by atoms with E-state index in [4.69, 9.17) is 33.5 Å². The zero-order valence-electron chi connectivity index (χ0n) is 10.1. The highest BCUT2D eigenvalue weighted by atomic mass is 35.5. The van der Waals surface area contributed by atoms with Gasteiger partial charge in [0.15, 0.2) is 0 Å². The number of benzene rings is 1. The minimum atomic E-state index is -0.624. The van der Waals surface area contributed by atoms with Gasteiger partial charge in [-0.2, -0.15) is 4.98 Å². The minimum absolute atomic E-state index is 0.408. The Labute approximate surface area is 115 Å². The number of rotatable bonds is 3. The maximum Gasteiger partial charge on any atom is 0.246 e. The van der Waals surface area contributed by atoms with Gasteiger partial charge in [-0.15, -0.1) is 0 Å². The molecule has 2 N–H and O–H groups in total. The lowest BCUT2D eigenvalue weighted by molar-refractivity contribution is 0.291. The largest absolute Gasteiger partial charge is 0.337 e. The van der Waals surface area contributed by atoms with Crippen LogP contribution in [0.15, 0.2) is 22.7 Å². The molecule has 0 aliphatic carbocycles. The normalized spacial score (nSPS) is 14.5. The van der Waals surface area contributed by atoms with Gasteiger partial charge in [0.2, 0.25) is 11.7 Å². The van der Waals surface area contributed by atoms with E-state index in [1.165, 1.54) is 0 Å². The summed E-state index contributed by atoms with van der Waals surface area (Å²) in [6, 6.07) is 5.16. The van der Waals surface area contributed by atoms with Crippen LogP contribution in [0.3, 0.4) is 0 Å². The van der Waals surface area contributed by atoms with Crippen molar-refractivity contribution in [2.45, 2.75) is 25.8 Å². The number of aromatic nitrogens is 2. The molecule has 4 nitrogen and oxygen atoms in total. The summed E-state index contributed by atoms with van der Waals surface area (Å²) in [6.45, 7) is 3.81. The number of hydrogen-bond acceptors (Lipinski definition) is 4. The molecule has 0 radical (unpaired) electrons. The highest BCUT2D eigenvalue weighted by Crippen LogP contribution is 2.28. The first-order valence-corrected chi connectivity index (χ1v) is 6.28. The lowest BCUT2D eigenvalue weighted by Gasteiger charge is -2.16. The summed E-state index contributed by atoms with van der Waals surface area (Å²) in [7, 11) is 0. The van der Waals surface area contributed by atoms with E-state index in [1.54, 1.807) is 18.2 Å². The van der Waals surface area contributed by atoms with E-state index in [0.29, 0.717) is 28.2 Å². The van der Waals surface area contributed by atoms with Crippen LogP contribution in [-0.4, -0.2) is 10.1 Å². The molecule has 2 aromatic rings. The quantitative estimate of drug-likeness (QED) is 0.935. The Morgan fingerprint density at radius 3 is 2.67 bits per heavy atom. The topological polar surface area (TPSA) is 64.9 Å². The first-order valence-electron chi connectivity index (χ1n) is 5.52. The van der Waals surface area contributed by atoms with Crippen LogP contribution >= 0.6 is 23.2 Å². The van der Waals surface area contributed by atoms with Crippen molar-refractivity contribution < 1.29 is 4.52 Å². The molecule has 0 saturated heterocycles. The van der Waals surface area contributed by atoms with Crippen molar-refractivity contribution >= 4 is 23.2 Å². The van der Waals surface area contributed by atoms with Crippen LogP contribution in [0.25, 0.3) is 11.4 Å². The molecule has 2 rings (SSSR count). The third-order valence-electron chi connectivity index (χ3n) is 2.83. The van der Waals surface area contributed by atoms with Crippen LogP contribution in [0, 0.1) is 0 Å². The van der Waals surface area contributed by atoms with Crippen molar-refractivity contribution in [1.82, 2.24) is 10.1 Å². The second kappa shape index (κ2) is 4.88. The van der Waals surface area contributed by atoms with Crippen molar-refractivity contribution in [3.63, 3.8) is 0 Å². The van der Waals surface area contributed by atoms with Crippen LogP contribution in [0.4, 0.5) is 0 Å². The van der Waals surface area contributed by atoms with E-state index >= 15 is 0 Å². The highest BCUT2D eigenvalue weighted by molar-refractivity contribution is 6.42. The summed E-state index contributed by atoms with van der Waals surface area (Å²) in [5.74, 6) is 0.861. The van der Waals surface area contributed by atoms with E-state index in [9.17, 15) is 0 Å². The summed E-state index contributed by atoms with van der Waals surface area (Å²) < 4.78 is 5.18. The number of nitrogens with zero attached hydrogens (tertiary/aromatic N) is 2. The molecule has 6 heteroatoms. The molecule has 0 bridgehead atoms. The first kappa shape index (κ1) is 13.3. The zero-order chi connectivity index (χ0) is 13.3. The van der Waals surface area contributed by atoms with Gasteiger partial charge >= 0.3 is 0 Å². The van der Waals surface area contributed by atoms with E-state index in [2.05, 4.69) is 10.1 Å². The molecule has 1 aromatic carbocycles. The maximum atomic E-state index is 6.04. The van der Waals surface area contributed by atoms with Gasteiger partial charge < -0.3 is 10.3 Å². The van der Waals surface area contributed by atoms with Crippen molar-refractivity contribution in [3.05, 3.63) is 34.1 Å². The minimum Gasteiger partial charge on any atom is -0.337 e. The highest BCUT2D eigenvalue weighted by Gasteiger charge is 2.26. The molecule has 0 saturated carbocycles. The van der Waals surface area contributed by atoms with Crippen LogP contribution in [-0.2, 0) is 5.54 Å². The Morgan fingerprint density at radius 1 is 1.33 bits per heavy atom. The Bertz CT molecular complexity index is 566. The fourth-order valence-corrected chi connectivity index (χ4v) is 1.66. The Hall–Kier alpha value is -1.10. The van der Waals surface area contributed by atoms with Crippen LogP contribution in [0.2, 0.25) is 10.0 Å². The van der Waals surface area contributed by atoms with E-state index in [0.717, 1.165) is 5.56 Å². The predicted octanol–water partition coefficient (Wildman–Crippen LogP) is 3.63. The Balaban J connectivity index is 2.38. The van der Waals surface area contributed by atoms with E-state index < -0.39 is 5.54 Å². The Kier molecular flexibility index (Phi) is 3.61. The zero-order valence-corrected chi connectivity index (χ0v) is 11.6. The lowest BCUT2D eigenvalue weighted by Crippen LogP contribution is -2.32. The van der Waals surface area contributed by atoms with Crippen molar-refractivity contribution in [2.24, 2.45) is 5.73 Å². The average Bonchev–Trinajstić information content (AvgIpc) is 2.83. The van der Waals surface area contributed by atoms with Crippen LogP contribution in [0.5, 0.6) is 0 Å². The van der Waals surface area contributed by atoms with E-state index in [-0.39, 0.29) is 0 Å². The molecular weight excluding hydrogens is 273 g/mol. The molecule has 1 unspecified atom stereocenters. The summed E-state index contributed by atoms with van der Waals surface area (Å²) in [6.07, 6.45) is 0.704. The first-order chi connectivity index (χ1) is 8.44. The van der Waals surface area contributed by atoms with Crippen molar-refractivity contribution in [3.8, 4) is 11.4 Å². The second-order valence-electron chi connectivity index (χ2n) is 4.32.